The van der Waals surface area contributed by atoms with Gasteiger partial charge in [0.25, 0.3) is 0 Å². The number of imidazole rings is 1. The summed E-state index contributed by atoms with van der Waals surface area (Å²) in [6.07, 6.45) is 1.97. The standard InChI is InChI=1S/C24H16N2/c1-19-10-12-21(13-11-19)15-17-24-25-22(23-9-5-6-18-26(23)24)16-14-20-7-3-2-4-8-20/h2-13,18H,1H3. The summed E-state index contributed by atoms with van der Waals surface area (Å²) in [7, 11) is 0. The van der Waals surface area contributed by atoms with Crippen LogP contribution in [0.1, 0.15) is 28.2 Å². The highest BCUT2D eigenvalue weighted by Crippen LogP contribution is 2.12. The van der Waals surface area contributed by atoms with Crippen LogP contribution < -0.4 is 0 Å². The van der Waals surface area contributed by atoms with E-state index in [-0.39, 0.29) is 0 Å². The molecule has 0 spiro atoms. The third kappa shape index (κ3) is 3.36. The average molecular weight is 332 g/mol. The summed E-state index contributed by atoms with van der Waals surface area (Å²) in [6, 6.07) is 24.1. The zero-order chi connectivity index (χ0) is 17.8. The van der Waals surface area contributed by atoms with E-state index in [1.807, 2.05) is 71.3 Å². The second kappa shape index (κ2) is 7.01. The minimum atomic E-state index is 0.693. The molecule has 2 heteroatoms. The molecule has 2 aromatic heterocycles. The average Bonchev–Trinajstić information content (AvgIpc) is 3.05. The highest BCUT2D eigenvalue weighted by molar-refractivity contribution is 5.62. The second-order valence-electron chi connectivity index (χ2n) is 5.97. The van der Waals surface area contributed by atoms with Gasteiger partial charge in [0.15, 0.2) is 5.82 Å². The van der Waals surface area contributed by atoms with Crippen molar-refractivity contribution in [1.29, 1.82) is 0 Å². The van der Waals surface area contributed by atoms with E-state index in [0.29, 0.717) is 5.82 Å². The number of hydrogen-bond acceptors (Lipinski definition) is 1. The molecule has 0 radical (unpaired) electrons. The summed E-state index contributed by atoms with van der Waals surface area (Å²) in [5.74, 6) is 13.4. The fourth-order valence-electron chi connectivity index (χ4n) is 2.64. The van der Waals surface area contributed by atoms with Gasteiger partial charge in [-0.1, -0.05) is 53.8 Å². The number of rotatable bonds is 0. The van der Waals surface area contributed by atoms with Gasteiger partial charge in [-0.25, -0.2) is 4.98 Å². The molecule has 0 saturated carbocycles. The topological polar surface area (TPSA) is 17.3 Å². The molecule has 0 saturated heterocycles. The van der Waals surface area contributed by atoms with Crippen molar-refractivity contribution in [3.05, 3.63) is 107 Å². The summed E-state index contributed by atoms with van der Waals surface area (Å²) >= 11 is 0. The SMILES string of the molecule is Cc1ccc(C#Cc2nc(C#Cc3ccccc3)c3ccccn23)cc1. The van der Waals surface area contributed by atoms with E-state index < -0.39 is 0 Å². The Balaban J connectivity index is 1.75. The lowest BCUT2D eigenvalue weighted by molar-refractivity contribution is 1.11. The molecule has 0 fully saturated rings. The molecular formula is C24H16N2. The maximum Gasteiger partial charge on any atom is 0.191 e. The normalized spacial score (nSPS) is 9.88. The van der Waals surface area contributed by atoms with Crippen LogP contribution in [0, 0.1) is 30.6 Å². The van der Waals surface area contributed by atoms with Crippen molar-refractivity contribution in [2.24, 2.45) is 0 Å². The predicted octanol–water partition coefficient (Wildman–Crippen LogP) is 4.44. The summed E-state index contributed by atoms with van der Waals surface area (Å²) in [5.41, 5.74) is 4.86. The molecule has 4 rings (SSSR count). The van der Waals surface area contributed by atoms with Crippen LogP contribution in [0.5, 0.6) is 0 Å². The largest absolute Gasteiger partial charge is 0.292 e. The van der Waals surface area contributed by atoms with Crippen molar-refractivity contribution in [1.82, 2.24) is 9.38 Å². The number of nitrogens with zero attached hydrogens (tertiary/aromatic N) is 2. The van der Waals surface area contributed by atoms with Gasteiger partial charge >= 0.3 is 0 Å². The number of aromatic nitrogens is 2. The lowest BCUT2D eigenvalue weighted by atomic mass is 10.1. The van der Waals surface area contributed by atoms with Gasteiger partial charge < -0.3 is 0 Å². The van der Waals surface area contributed by atoms with Crippen molar-refractivity contribution in [3.8, 4) is 23.7 Å². The molecule has 0 aliphatic carbocycles. The van der Waals surface area contributed by atoms with Crippen molar-refractivity contribution in [2.75, 3.05) is 0 Å². The number of fused-ring (bicyclic) bond motifs is 1. The van der Waals surface area contributed by atoms with Crippen molar-refractivity contribution in [3.63, 3.8) is 0 Å². The van der Waals surface area contributed by atoms with Gasteiger partial charge in [0.2, 0.25) is 0 Å². The number of hydrogen-bond donors (Lipinski definition) is 0. The van der Waals surface area contributed by atoms with Gasteiger partial charge in [0.05, 0.1) is 5.52 Å². The minimum Gasteiger partial charge on any atom is -0.292 e. The van der Waals surface area contributed by atoms with Crippen LogP contribution >= 0.6 is 0 Å². The number of pyridine rings is 1. The Morgan fingerprint density at radius 3 is 2.19 bits per heavy atom. The monoisotopic (exact) mass is 332 g/mol. The molecule has 2 heterocycles. The maximum atomic E-state index is 4.65. The fourth-order valence-corrected chi connectivity index (χ4v) is 2.64. The Bertz CT molecular complexity index is 1180. The summed E-state index contributed by atoms with van der Waals surface area (Å²) in [6.45, 7) is 2.07. The number of aryl methyl sites for hydroxylation is 1. The highest BCUT2D eigenvalue weighted by atomic mass is 15.0. The molecule has 0 amide bonds. The molecule has 2 nitrogen and oxygen atoms in total. The first-order valence-corrected chi connectivity index (χ1v) is 8.42. The van der Waals surface area contributed by atoms with Crippen molar-refractivity contribution in [2.45, 2.75) is 6.92 Å². The first-order valence-electron chi connectivity index (χ1n) is 8.42. The summed E-state index contributed by atoms with van der Waals surface area (Å²) in [4.78, 5) is 4.65. The van der Waals surface area contributed by atoms with Crippen LogP contribution in [-0.4, -0.2) is 9.38 Å². The van der Waals surface area contributed by atoms with Gasteiger partial charge in [0.1, 0.15) is 5.69 Å². The zero-order valence-corrected chi connectivity index (χ0v) is 14.4. The Kier molecular flexibility index (Phi) is 4.25. The fraction of sp³-hybridized carbons (Fsp3) is 0.0417. The van der Waals surface area contributed by atoms with E-state index in [1.54, 1.807) is 0 Å². The van der Waals surface area contributed by atoms with E-state index in [9.17, 15) is 0 Å². The van der Waals surface area contributed by atoms with Crippen molar-refractivity contribution < 1.29 is 0 Å². The van der Waals surface area contributed by atoms with E-state index >= 15 is 0 Å². The molecule has 4 aromatic rings. The van der Waals surface area contributed by atoms with Crippen LogP contribution in [0.15, 0.2) is 79.0 Å². The quantitative estimate of drug-likeness (QED) is 0.435. The van der Waals surface area contributed by atoms with Gasteiger partial charge in [-0.2, -0.15) is 0 Å². The summed E-state index contributed by atoms with van der Waals surface area (Å²) < 4.78 is 1.98. The lowest BCUT2D eigenvalue weighted by Gasteiger charge is -1.93. The molecule has 0 unspecified atom stereocenters. The Morgan fingerprint density at radius 2 is 1.38 bits per heavy atom. The smallest absolute Gasteiger partial charge is 0.191 e. The predicted molar refractivity (Wildman–Crippen MR) is 105 cm³/mol. The van der Waals surface area contributed by atoms with E-state index in [1.165, 1.54) is 5.56 Å². The second-order valence-corrected chi connectivity index (χ2v) is 5.97. The molecular weight excluding hydrogens is 316 g/mol. The van der Waals surface area contributed by atoms with Gasteiger partial charge in [-0.15, -0.1) is 0 Å². The van der Waals surface area contributed by atoms with Gasteiger partial charge in [0, 0.05) is 17.3 Å². The van der Waals surface area contributed by atoms with E-state index in [4.69, 9.17) is 0 Å². The van der Waals surface area contributed by atoms with Crippen LogP contribution in [0.25, 0.3) is 5.52 Å². The van der Waals surface area contributed by atoms with Crippen molar-refractivity contribution >= 4 is 5.52 Å². The zero-order valence-electron chi connectivity index (χ0n) is 14.4. The third-order valence-electron chi connectivity index (χ3n) is 4.02. The molecule has 0 atom stereocenters. The van der Waals surface area contributed by atoms with Crippen LogP contribution in [-0.2, 0) is 0 Å². The van der Waals surface area contributed by atoms with Crippen LogP contribution in [0.2, 0.25) is 0 Å². The lowest BCUT2D eigenvalue weighted by Crippen LogP contribution is -1.87. The van der Waals surface area contributed by atoms with Gasteiger partial charge in [-0.05, 0) is 55.2 Å². The molecule has 0 aliphatic rings. The van der Waals surface area contributed by atoms with Crippen LogP contribution in [0.3, 0.4) is 0 Å². The maximum absolute atomic E-state index is 4.65. The van der Waals surface area contributed by atoms with Crippen LogP contribution in [0.4, 0.5) is 0 Å². The Hall–Kier alpha value is -3.75. The molecule has 0 bridgehead atoms. The molecule has 26 heavy (non-hydrogen) atoms. The molecule has 0 aliphatic heterocycles. The molecule has 0 N–H and O–H groups in total. The first kappa shape index (κ1) is 15.8. The number of benzene rings is 2. The summed E-state index contributed by atoms with van der Waals surface area (Å²) in [5, 5.41) is 0. The van der Waals surface area contributed by atoms with E-state index in [0.717, 1.165) is 22.3 Å². The minimum absolute atomic E-state index is 0.693. The highest BCUT2D eigenvalue weighted by Gasteiger charge is 2.06. The first-order chi connectivity index (χ1) is 12.8. The van der Waals surface area contributed by atoms with Gasteiger partial charge in [-0.3, -0.25) is 4.40 Å². The molecule has 122 valence electrons. The van der Waals surface area contributed by atoms with E-state index in [2.05, 4.69) is 47.7 Å². The Labute approximate surface area is 153 Å². The molecule has 2 aromatic carbocycles. The third-order valence-corrected chi connectivity index (χ3v) is 4.02. The Morgan fingerprint density at radius 1 is 0.692 bits per heavy atom.